The molecule has 1 aliphatic rings. The molecule has 0 radical (unpaired) electrons. The molecule has 1 heterocycles. The van der Waals surface area contributed by atoms with E-state index in [4.69, 9.17) is 0 Å². The van der Waals surface area contributed by atoms with Crippen LogP contribution in [0.2, 0.25) is 0 Å². The van der Waals surface area contributed by atoms with Crippen LogP contribution in [0.5, 0.6) is 0 Å². The van der Waals surface area contributed by atoms with Crippen molar-refractivity contribution < 1.29 is 22.8 Å². The molecular formula is C17H22F3N3O2. The van der Waals surface area contributed by atoms with Crippen molar-refractivity contribution in [2.45, 2.75) is 38.5 Å². The van der Waals surface area contributed by atoms with Gasteiger partial charge < -0.3 is 15.5 Å². The molecule has 2 rings (SSSR count). The Balaban J connectivity index is 2.24. The van der Waals surface area contributed by atoms with Gasteiger partial charge in [-0.15, -0.1) is 0 Å². The second-order valence-electron chi connectivity index (χ2n) is 6.15. The van der Waals surface area contributed by atoms with Crippen molar-refractivity contribution in [2.24, 2.45) is 5.92 Å². The molecule has 0 saturated carbocycles. The number of urea groups is 1. The van der Waals surface area contributed by atoms with Crippen LogP contribution in [-0.2, 0) is 4.79 Å². The molecule has 0 bridgehead atoms. The molecule has 1 aromatic carbocycles. The molecule has 3 unspecified atom stereocenters. The lowest BCUT2D eigenvalue weighted by atomic mass is 9.98. The van der Waals surface area contributed by atoms with Gasteiger partial charge in [0, 0.05) is 13.1 Å². The molecule has 3 atom stereocenters. The van der Waals surface area contributed by atoms with Crippen LogP contribution < -0.4 is 10.6 Å². The van der Waals surface area contributed by atoms with Crippen molar-refractivity contribution in [3.63, 3.8) is 0 Å². The molecule has 25 heavy (non-hydrogen) atoms. The molecule has 8 heteroatoms. The van der Waals surface area contributed by atoms with E-state index in [0.29, 0.717) is 5.56 Å². The van der Waals surface area contributed by atoms with Gasteiger partial charge in [0.1, 0.15) is 12.1 Å². The van der Waals surface area contributed by atoms with Gasteiger partial charge in [0.2, 0.25) is 5.91 Å². The number of amides is 3. The third kappa shape index (κ3) is 4.43. The summed E-state index contributed by atoms with van der Waals surface area (Å²) in [5.41, 5.74) is 0.557. The quantitative estimate of drug-likeness (QED) is 0.870. The number of piperazine rings is 1. The second-order valence-corrected chi connectivity index (χ2v) is 6.15. The van der Waals surface area contributed by atoms with Crippen LogP contribution in [-0.4, -0.2) is 42.1 Å². The number of hydrogen-bond acceptors (Lipinski definition) is 2. The number of halogens is 3. The zero-order valence-corrected chi connectivity index (χ0v) is 14.1. The van der Waals surface area contributed by atoms with Gasteiger partial charge >= 0.3 is 12.2 Å². The highest BCUT2D eigenvalue weighted by atomic mass is 19.4. The summed E-state index contributed by atoms with van der Waals surface area (Å²) in [6.45, 7) is 3.42. The predicted octanol–water partition coefficient (Wildman–Crippen LogP) is 2.85. The summed E-state index contributed by atoms with van der Waals surface area (Å²) < 4.78 is 39.8. The van der Waals surface area contributed by atoms with Crippen molar-refractivity contribution in [3.05, 3.63) is 35.9 Å². The minimum absolute atomic E-state index is 0.141. The van der Waals surface area contributed by atoms with Crippen LogP contribution in [0.3, 0.4) is 0 Å². The van der Waals surface area contributed by atoms with Gasteiger partial charge in [-0.25, -0.2) is 4.79 Å². The molecule has 1 aliphatic heterocycles. The first-order chi connectivity index (χ1) is 11.8. The summed E-state index contributed by atoms with van der Waals surface area (Å²) in [6, 6.07) is 4.75. The van der Waals surface area contributed by atoms with Crippen molar-refractivity contribution in [1.82, 2.24) is 15.5 Å². The minimum Gasteiger partial charge on any atom is -0.352 e. The Morgan fingerprint density at radius 3 is 2.56 bits per heavy atom. The number of benzene rings is 1. The lowest BCUT2D eigenvalue weighted by molar-refractivity contribution is -0.164. The van der Waals surface area contributed by atoms with Crippen molar-refractivity contribution >= 4 is 11.9 Å². The van der Waals surface area contributed by atoms with Gasteiger partial charge in [-0.2, -0.15) is 13.2 Å². The van der Waals surface area contributed by atoms with E-state index in [1.165, 1.54) is 6.92 Å². The zero-order valence-electron chi connectivity index (χ0n) is 14.1. The maximum atomic E-state index is 13.3. The molecule has 1 fully saturated rings. The monoisotopic (exact) mass is 357 g/mol. The number of carbonyl (C=O) groups excluding carboxylic acids is 2. The summed E-state index contributed by atoms with van der Waals surface area (Å²) in [6.07, 6.45) is -4.28. The van der Waals surface area contributed by atoms with E-state index in [0.717, 1.165) is 4.90 Å². The summed E-state index contributed by atoms with van der Waals surface area (Å²) in [5.74, 6) is -1.17. The van der Waals surface area contributed by atoms with Crippen LogP contribution in [0, 0.1) is 5.92 Å². The Hall–Kier alpha value is -2.25. The highest BCUT2D eigenvalue weighted by Gasteiger charge is 2.45. The molecule has 2 N–H and O–H groups in total. The third-order valence-electron chi connectivity index (χ3n) is 4.43. The van der Waals surface area contributed by atoms with E-state index in [9.17, 15) is 22.8 Å². The zero-order chi connectivity index (χ0) is 18.6. The van der Waals surface area contributed by atoms with Crippen LogP contribution in [0.25, 0.3) is 0 Å². The van der Waals surface area contributed by atoms with E-state index in [1.807, 2.05) is 0 Å². The molecule has 5 nitrogen and oxygen atoms in total. The maximum Gasteiger partial charge on any atom is 0.408 e. The number of carbonyl (C=O) groups is 2. The first kappa shape index (κ1) is 19.1. The molecule has 0 aromatic heterocycles. The van der Waals surface area contributed by atoms with Crippen LogP contribution in [0.1, 0.15) is 31.9 Å². The van der Waals surface area contributed by atoms with Gasteiger partial charge in [0.25, 0.3) is 0 Å². The predicted molar refractivity (Wildman–Crippen MR) is 86.7 cm³/mol. The van der Waals surface area contributed by atoms with Gasteiger partial charge in [-0.1, -0.05) is 50.6 Å². The lowest BCUT2D eigenvalue weighted by Gasteiger charge is -2.37. The fourth-order valence-electron chi connectivity index (χ4n) is 2.85. The number of nitrogens with one attached hydrogen (secondary N) is 2. The Bertz CT molecular complexity index is 607. The average molecular weight is 357 g/mol. The summed E-state index contributed by atoms with van der Waals surface area (Å²) in [5, 5.41) is 4.73. The molecule has 1 saturated heterocycles. The summed E-state index contributed by atoms with van der Waals surface area (Å²) in [4.78, 5) is 25.9. The molecule has 0 spiro atoms. The standard InChI is InChI=1S/C17H22F3N3O2/c1-3-11(2)14(17(18,19)20)22-16(25)23-10-9-21-15(24)13(23)12-7-5-4-6-8-12/h4-8,11,13-14H,3,9-10H2,1-2H3,(H,21,24)(H,22,25). The highest BCUT2D eigenvalue weighted by Crippen LogP contribution is 2.29. The highest BCUT2D eigenvalue weighted by molar-refractivity contribution is 5.89. The van der Waals surface area contributed by atoms with Crippen LogP contribution in [0.4, 0.5) is 18.0 Å². The van der Waals surface area contributed by atoms with Gasteiger partial charge in [0.05, 0.1) is 0 Å². The molecule has 3 amide bonds. The van der Waals surface area contributed by atoms with Crippen molar-refractivity contribution in [2.75, 3.05) is 13.1 Å². The lowest BCUT2D eigenvalue weighted by Crippen LogP contribution is -2.59. The fourth-order valence-corrected chi connectivity index (χ4v) is 2.85. The minimum atomic E-state index is -4.55. The molecule has 0 aliphatic carbocycles. The number of alkyl halides is 3. The van der Waals surface area contributed by atoms with E-state index < -0.39 is 36.1 Å². The van der Waals surface area contributed by atoms with E-state index in [2.05, 4.69) is 10.6 Å². The van der Waals surface area contributed by atoms with Gasteiger partial charge in [0.15, 0.2) is 0 Å². The molecule has 1 aromatic rings. The molecular weight excluding hydrogens is 335 g/mol. The number of hydrogen-bond donors (Lipinski definition) is 2. The first-order valence-electron chi connectivity index (χ1n) is 8.22. The normalized spacial score (nSPS) is 20.6. The van der Waals surface area contributed by atoms with E-state index in [-0.39, 0.29) is 19.5 Å². The van der Waals surface area contributed by atoms with Crippen LogP contribution >= 0.6 is 0 Å². The third-order valence-corrected chi connectivity index (χ3v) is 4.43. The van der Waals surface area contributed by atoms with Crippen molar-refractivity contribution in [3.8, 4) is 0 Å². The fraction of sp³-hybridized carbons (Fsp3) is 0.529. The SMILES string of the molecule is CCC(C)C(NC(=O)N1CCNC(=O)C1c1ccccc1)C(F)(F)F. The van der Waals surface area contributed by atoms with Crippen molar-refractivity contribution in [1.29, 1.82) is 0 Å². The summed E-state index contributed by atoms with van der Waals surface area (Å²) in [7, 11) is 0. The Morgan fingerprint density at radius 2 is 2.00 bits per heavy atom. The molecule has 138 valence electrons. The number of rotatable bonds is 4. The summed E-state index contributed by atoms with van der Waals surface area (Å²) >= 11 is 0. The Labute approximate surface area is 144 Å². The first-order valence-corrected chi connectivity index (χ1v) is 8.22. The largest absolute Gasteiger partial charge is 0.408 e. The Kier molecular flexibility index (Phi) is 5.92. The second kappa shape index (κ2) is 7.76. The number of nitrogens with zero attached hydrogens (tertiary/aromatic N) is 1. The van der Waals surface area contributed by atoms with Gasteiger partial charge in [-0.05, 0) is 11.5 Å². The topological polar surface area (TPSA) is 61.4 Å². The van der Waals surface area contributed by atoms with Gasteiger partial charge in [-0.3, -0.25) is 4.79 Å². The smallest absolute Gasteiger partial charge is 0.352 e. The Morgan fingerprint density at radius 1 is 1.36 bits per heavy atom. The average Bonchev–Trinajstić information content (AvgIpc) is 2.58. The maximum absolute atomic E-state index is 13.3. The van der Waals surface area contributed by atoms with Crippen LogP contribution in [0.15, 0.2) is 30.3 Å². The van der Waals surface area contributed by atoms with E-state index >= 15 is 0 Å². The van der Waals surface area contributed by atoms with E-state index in [1.54, 1.807) is 37.3 Å².